The first-order chi connectivity index (χ1) is 58.0. The number of aliphatic carboxylic acids is 1. The maximum atomic E-state index is 15.6. The van der Waals surface area contributed by atoms with Gasteiger partial charge in [0.2, 0.25) is 82.7 Å². The Morgan fingerprint density at radius 2 is 0.861 bits per heavy atom. The lowest BCUT2D eigenvalue weighted by molar-refractivity contribution is -0.143. The van der Waals surface area contributed by atoms with E-state index in [0.717, 1.165) is 16.7 Å². The summed E-state index contributed by atoms with van der Waals surface area (Å²) in [6, 6.07) is 23.3. The van der Waals surface area contributed by atoms with E-state index in [-0.39, 0.29) is 86.2 Å². The molecule has 0 saturated carbocycles. The second kappa shape index (κ2) is 45.7. The number of nitrogens with zero attached hydrogens (tertiary/aromatic N) is 1. The fourth-order valence-electron chi connectivity index (χ4n) is 13.6. The molecule has 1 fully saturated rings. The molecule has 7 aromatic rings. The van der Waals surface area contributed by atoms with Crippen molar-refractivity contribution < 1.29 is 92.3 Å². The number of carbonyl (C=O) groups is 15. The quantitative estimate of drug-likeness (QED) is 0.0456. The Morgan fingerprint density at radius 3 is 1.36 bits per heavy atom. The van der Waals surface area contributed by atoms with Crippen LogP contribution >= 0.6 is 11.8 Å². The van der Waals surface area contributed by atoms with E-state index in [2.05, 4.69) is 68.8 Å². The number of primary amides is 1. The number of amides is 14. The van der Waals surface area contributed by atoms with Gasteiger partial charge in [0.1, 0.15) is 83.7 Å². The molecule has 1 aliphatic rings. The smallest absolute Gasteiger partial charge is 0.305 e. The predicted octanol–water partition coefficient (Wildman–Crippen LogP) is 1.40. The first kappa shape index (κ1) is 94.1. The van der Waals surface area contributed by atoms with Gasteiger partial charge in [0.15, 0.2) is 0 Å². The van der Waals surface area contributed by atoms with Gasteiger partial charge in [-0.2, -0.15) is 0 Å². The number of rotatable bonds is 22. The molecule has 1 saturated heterocycles. The monoisotopic (exact) mass is 1700 g/mol. The minimum absolute atomic E-state index is 0.0683. The number of phenols is 3. The number of thioether (sulfide) groups is 1. The van der Waals surface area contributed by atoms with Crippen LogP contribution in [0.25, 0.3) is 10.9 Å². The van der Waals surface area contributed by atoms with E-state index in [1.54, 1.807) is 133 Å². The number of carboxylic acids is 1. The van der Waals surface area contributed by atoms with Crippen molar-refractivity contribution in [1.29, 1.82) is 0 Å². The van der Waals surface area contributed by atoms with E-state index in [1.165, 1.54) is 79.8 Å². The minimum atomic E-state index is -1.99. The number of H-pyrrole nitrogens is 1. The third kappa shape index (κ3) is 29.6. The molecular weight excluding hydrogens is 1590 g/mol. The van der Waals surface area contributed by atoms with Gasteiger partial charge in [-0.3, -0.25) is 71.9 Å². The van der Waals surface area contributed by atoms with Crippen LogP contribution in [0.3, 0.4) is 0 Å². The lowest BCUT2D eigenvalue weighted by Gasteiger charge is -2.33. The van der Waals surface area contributed by atoms with Gasteiger partial charge in [0, 0.05) is 68.4 Å². The lowest BCUT2D eigenvalue weighted by Crippen LogP contribution is -2.61. The molecule has 122 heavy (non-hydrogen) atoms. The third-order valence-electron chi connectivity index (χ3n) is 20.0. The highest BCUT2D eigenvalue weighted by Crippen LogP contribution is 2.23. The van der Waals surface area contributed by atoms with Crippen LogP contribution in [0.5, 0.6) is 17.2 Å². The molecule has 1 aliphatic heterocycles. The standard InChI is InChI=1S/C87H107N15O19S/c1-48(2)34-62-79(113)100-70(78(112)90-44-72(88)106)46-122-47-74(108)93-64(36-51-16-10-8-11-17-51)80(114)95-65(37-53-22-28-57(103)29-23-53)81(115)94-63(35-49(3)4)84(118)101-76(50(5)6)86(120)98-66(38-54-24-30-58(104)31-25-54)82(116)96-68(42-75(109)110)77(111)91-45-73(107)92-67(41-56-43-89-61-21-15-14-20-60(56)61)83(117)99-69(39-55-26-32-59(105)33-27-55)87(121)102(7)71(85(119)97-62)40-52-18-12-9-13-19-52/h8-33,43,48-50,62-71,76,89,103-105H,34-42,44-47H2,1-7H3,(H2,88,106)(H,90,112)(H,91,111)(H,92,107)(H,93,108)(H,94,115)(H,95,114)(H,96,116)(H,97,119)(H,98,120)(H,99,117)(H,100,113)(H,101,118)(H,109,110)/t62-,63-,64-,65-,66-,67-,68-,69-,70-,71-,76-/m0/s1. The molecule has 35 heteroatoms. The summed E-state index contributed by atoms with van der Waals surface area (Å²) in [6.07, 6.45) is -1.27. The molecular formula is C87H107N15O19S. The number of benzene rings is 6. The number of fused-ring (bicyclic) bond motifs is 1. The Bertz CT molecular complexity index is 4820. The van der Waals surface area contributed by atoms with Crippen molar-refractivity contribution in [1.82, 2.24) is 73.7 Å². The summed E-state index contributed by atoms with van der Waals surface area (Å²) in [7, 11) is 1.30. The van der Waals surface area contributed by atoms with Crippen molar-refractivity contribution in [2.75, 3.05) is 31.6 Å². The molecule has 14 amide bonds. The van der Waals surface area contributed by atoms with E-state index in [0.29, 0.717) is 44.3 Å². The first-order valence-corrected chi connectivity index (χ1v) is 41.1. The van der Waals surface area contributed by atoms with Crippen molar-refractivity contribution >= 4 is 111 Å². The number of hydrogen-bond acceptors (Lipinski definition) is 19. The number of carbonyl (C=O) groups excluding carboxylic acids is 14. The summed E-state index contributed by atoms with van der Waals surface area (Å²) in [6.45, 7) is 8.47. The third-order valence-corrected chi connectivity index (χ3v) is 21.1. The molecule has 11 atom stereocenters. The fraction of sp³-hybridized carbons (Fsp3) is 0.391. The molecule has 2 heterocycles. The van der Waals surface area contributed by atoms with Gasteiger partial charge in [-0.05, 0) is 106 Å². The number of nitrogens with two attached hydrogens (primary N) is 1. The van der Waals surface area contributed by atoms with Crippen molar-refractivity contribution in [3.8, 4) is 17.2 Å². The van der Waals surface area contributed by atoms with E-state index >= 15 is 19.2 Å². The maximum Gasteiger partial charge on any atom is 0.305 e. The molecule has 0 radical (unpaired) electrons. The first-order valence-electron chi connectivity index (χ1n) is 39.9. The highest BCUT2D eigenvalue weighted by molar-refractivity contribution is 8.00. The molecule has 650 valence electrons. The zero-order valence-electron chi connectivity index (χ0n) is 68.7. The van der Waals surface area contributed by atoms with Gasteiger partial charge >= 0.3 is 5.97 Å². The van der Waals surface area contributed by atoms with Crippen LogP contribution in [-0.4, -0.2) is 217 Å². The second-order valence-corrected chi connectivity index (χ2v) is 32.2. The highest BCUT2D eigenvalue weighted by atomic mass is 32.2. The van der Waals surface area contributed by atoms with Gasteiger partial charge < -0.3 is 99.8 Å². The zero-order chi connectivity index (χ0) is 88.9. The molecule has 0 spiro atoms. The van der Waals surface area contributed by atoms with E-state index in [4.69, 9.17) is 5.73 Å². The Morgan fingerprint density at radius 1 is 0.451 bits per heavy atom. The molecule has 19 N–H and O–H groups in total. The van der Waals surface area contributed by atoms with Crippen molar-refractivity contribution in [3.63, 3.8) is 0 Å². The van der Waals surface area contributed by atoms with Crippen LogP contribution in [0.4, 0.5) is 0 Å². The van der Waals surface area contributed by atoms with Gasteiger partial charge in [-0.25, -0.2) is 0 Å². The zero-order valence-corrected chi connectivity index (χ0v) is 69.5. The molecule has 8 rings (SSSR count). The van der Waals surface area contributed by atoms with Gasteiger partial charge in [-0.15, -0.1) is 11.8 Å². The average molecular weight is 1700 g/mol. The minimum Gasteiger partial charge on any atom is -0.508 e. The van der Waals surface area contributed by atoms with Crippen LogP contribution in [-0.2, 0) is 110 Å². The fourth-order valence-corrected chi connectivity index (χ4v) is 14.5. The summed E-state index contributed by atoms with van der Waals surface area (Å²) in [4.78, 5) is 222. The van der Waals surface area contributed by atoms with Crippen LogP contribution in [0, 0.1) is 17.8 Å². The largest absolute Gasteiger partial charge is 0.508 e. The van der Waals surface area contributed by atoms with Crippen LogP contribution < -0.4 is 69.5 Å². The van der Waals surface area contributed by atoms with E-state index in [1.807, 2.05) is 0 Å². The Kier molecular flexibility index (Phi) is 35.3. The number of hydrogen-bond donors (Lipinski definition) is 18. The Labute approximate surface area is 709 Å². The number of likely N-dealkylation sites (N-methyl/N-ethyl adjacent to an activating group) is 1. The van der Waals surface area contributed by atoms with Crippen LogP contribution in [0.1, 0.15) is 94.2 Å². The lowest BCUT2D eigenvalue weighted by atomic mass is 9.98. The number of phenolic OH excluding ortho intramolecular Hbond substituents is 3. The summed E-state index contributed by atoms with van der Waals surface area (Å²) >= 11 is 0.818. The Balaban J connectivity index is 1.21. The molecule has 34 nitrogen and oxygen atoms in total. The van der Waals surface area contributed by atoms with E-state index in [9.17, 15) is 73.2 Å². The average Bonchev–Trinajstić information content (AvgIpc) is 1.78. The normalized spacial score (nSPS) is 21.9. The van der Waals surface area contributed by atoms with Gasteiger partial charge in [-0.1, -0.05) is 157 Å². The molecule has 0 aliphatic carbocycles. The summed E-state index contributed by atoms with van der Waals surface area (Å²) in [5.74, 6) is -17.9. The van der Waals surface area contributed by atoms with Crippen molar-refractivity contribution in [2.45, 2.75) is 166 Å². The van der Waals surface area contributed by atoms with E-state index < -0.39 is 186 Å². The molecule has 0 unspecified atom stereocenters. The number of carboxylic acid groups (broad SMARTS) is 1. The summed E-state index contributed by atoms with van der Waals surface area (Å²) in [5.41, 5.74) is 8.77. The molecule has 6 aromatic carbocycles. The highest BCUT2D eigenvalue weighted by Gasteiger charge is 2.40. The predicted molar refractivity (Wildman–Crippen MR) is 452 cm³/mol. The number of aromatic nitrogens is 1. The SMILES string of the molecule is CC(C)C[C@@H]1NC(=O)[C@H](Cc2ccc(O)cc2)NC(=O)[C@H](Cc2ccccc2)NC(=O)CSC[C@@H](C(=O)NCC(N)=O)NC(=O)[C@H](CC(C)C)NC(=O)[C@H](Cc2ccccc2)N(C)C(=O)[C@H](Cc2ccc(O)cc2)NC(=O)[C@H](Cc2c[nH]c3ccccc23)NC(=O)CNC(=O)[C@H](CC(=O)O)NC(=O)[C@H](Cc2ccc(O)cc2)NC(=O)[C@H](C(C)C)NC1=O. The second-order valence-electron chi connectivity index (χ2n) is 31.2. The molecule has 0 bridgehead atoms. The van der Waals surface area contributed by atoms with Crippen LogP contribution in [0.2, 0.25) is 0 Å². The van der Waals surface area contributed by atoms with Gasteiger partial charge in [0.05, 0.1) is 25.3 Å². The van der Waals surface area contributed by atoms with Crippen molar-refractivity contribution in [2.24, 2.45) is 23.5 Å². The number of aromatic hydroxyl groups is 3. The Hall–Kier alpha value is -13.3. The summed E-state index contributed by atoms with van der Waals surface area (Å²) in [5, 5.41) is 73.3. The number of para-hydroxylation sites is 1. The molecule has 1 aromatic heterocycles. The van der Waals surface area contributed by atoms with Crippen LogP contribution in [0.15, 0.2) is 164 Å². The topological polar surface area (TPSA) is 526 Å². The van der Waals surface area contributed by atoms with Crippen molar-refractivity contribution in [3.05, 3.63) is 197 Å². The maximum absolute atomic E-state index is 15.6. The number of aromatic amines is 1. The summed E-state index contributed by atoms with van der Waals surface area (Å²) < 4.78 is 0. The van der Waals surface area contributed by atoms with Gasteiger partial charge in [0.25, 0.3) is 0 Å². The number of nitrogens with one attached hydrogen (secondary N) is 13.